The fourth-order valence-corrected chi connectivity index (χ4v) is 5.49. The maximum absolute atomic E-state index is 13.6. The minimum atomic E-state index is -1.07. The van der Waals surface area contributed by atoms with E-state index in [2.05, 4.69) is 20.3 Å². The van der Waals surface area contributed by atoms with E-state index in [0.717, 1.165) is 18.4 Å². The number of hydrogen-bond acceptors (Lipinski definition) is 7. The lowest BCUT2D eigenvalue weighted by molar-refractivity contribution is -0.120. The topological polar surface area (TPSA) is 124 Å². The third kappa shape index (κ3) is 3.44. The van der Waals surface area contributed by atoms with Crippen molar-refractivity contribution in [2.75, 3.05) is 11.1 Å². The molecule has 5 heterocycles. The molecule has 188 valence electrons. The smallest absolute Gasteiger partial charge is 0.242 e. The molecule has 11 heteroatoms. The van der Waals surface area contributed by atoms with Crippen LogP contribution in [0.3, 0.4) is 0 Å². The lowest BCUT2D eigenvalue weighted by Crippen LogP contribution is -2.39. The second kappa shape index (κ2) is 8.29. The predicted octanol–water partition coefficient (Wildman–Crippen LogP) is 4.20. The molecule has 9 nitrogen and oxygen atoms in total. The Morgan fingerprint density at radius 3 is 2.66 bits per heavy atom. The number of nitrogens with zero attached hydrogens (tertiary/aromatic N) is 6. The number of amides is 1. The van der Waals surface area contributed by atoms with Gasteiger partial charge in [-0.1, -0.05) is 23.7 Å². The largest absolute Gasteiger partial charge is 0.383 e. The number of nitrogens with two attached hydrogens (primary N) is 1. The fraction of sp³-hybridized carbons (Fsp3) is 0.185. The third-order valence-corrected chi connectivity index (χ3v) is 7.42. The van der Waals surface area contributed by atoms with E-state index >= 15 is 0 Å². The van der Waals surface area contributed by atoms with Gasteiger partial charge in [-0.25, -0.2) is 24.3 Å². The van der Waals surface area contributed by atoms with Crippen LogP contribution in [0.15, 0.2) is 61.2 Å². The molecule has 1 aromatic carbocycles. The maximum Gasteiger partial charge on any atom is 0.242 e. The van der Waals surface area contributed by atoms with Crippen LogP contribution in [0.1, 0.15) is 35.4 Å². The van der Waals surface area contributed by atoms with Crippen molar-refractivity contribution in [1.82, 2.24) is 29.3 Å². The molecule has 1 saturated carbocycles. The Balaban J connectivity index is 1.35. The van der Waals surface area contributed by atoms with Gasteiger partial charge in [-0.15, -0.1) is 0 Å². The van der Waals surface area contributed by atoms with E-state index in [1.165, 1.54) is 18.3 Å². The van der Waals surface area contributed by atoms with Crippen molar-refractivity contribution >= 4 is 34.8 Å². The molecule has 0 spiro atoms. The molecule has 4 aromatic heterocycles. The summed E-state index contributed by atoms with van der Waals surface area (Å²) in [5, 5.41) is 3.42. The number of carbonyl (C=O) groups excluding carboxylic acids is 1. The Morgan fingerprint density at radius 1 is 1.11 bits per heavy atom. The number of aromatic nitrogens is 6. The molecular weight excluding hydrogens is 507 g/mol. The molecule has 1 atom stereocenters. The van der Waals surface area contributed by atoms with E-state index in [4.69, 9.17) is 27.3 Å². The van der Waals surface area contributed by atoms with E-state index in [1.807, 2.05) is 4.40 Å². The Kier molecular flexibility index (Phi) is 4.96. The van der Waals surface area contributed by atoms with Gasteiger partial charge in [-0.3, -0.25) is 9.78 Å². The standard InChI is InChI=1S/C27H20ClFN8O/c28-16-5-8-20(32-12-16)27(15-3-4-15)21-22(30)34-23(35-24(21)36-26(27)38)19-13-37-10-9-31-25(37)18(33-19)11-14-1-6-17(29)7-2-14/h1-2,5-10,12-13,15H,3-4,11H2,(H3,30,34,35,36,38). The summed E-state index contributed by atoms with van der Waals surface area (Å²) in [5.74, 6) is 0.331. The third-order valence-electron chi connectivity index (χ3n) is 7.20. The molecule has 1 unspecified atom stereocenters. The van der Waals surface area contributed by atoms with E-state index < -0.39 is 5.41 Å². The van der Waals surface area contributed by atoms with Gasteiger partial charge in [0.15, 0.2) is 11.5 Å². The quantitative estimate of drug-likeness (QED) is 0.352. The van der Waals surface area contributed by atoms with Crippen LogP contribution in [0, 0.1) is 11.7 Å². The van der Waals surface area contributed by atoms with Crippen molar-refractivity contribution in [3.05, 3.63) is 94.5 Å². The summed E-state index contributed by atoms with van der Waals surface area (Å²) < 4.78 is 15.3. The second-order valence-corrected chi connectivity index (χ2v) is 10.0. The highest BCUT2D eigenvalue weighted by Gasteiger charge is 2.60. The van der Waals surface area contributed by atoms with Crippen LogP contribution in [-0.4, -0.2) is 35.2 Å². The highest BCUT2D eigenvalue weighted by molar-refractivity contribution is 6.30. The highest BCUT2D eigenvalue weighted by atomic mass is 35.5. The summed E-state index contributed by atoms with van der Waals surface area (Å²) in [6, 6.07) is 9.74. The SMILES string of the molecule is Nc1nc(-c2cn3ccnc3c(Cc3ccc(F)cc3)n2)nc2c1C(c1ccc(Cl)cn1)(C1CC1)C(=O)N2. The number of halogens is 2. The summed E-state index contributed by atoms with van der Waals surface area (Å²) in [7, 11) is 0. The average Bonchev–Trinajstić information content (AvgIpc) is 3.56. The summed E-state index contributed by atoms with van der Waals surface area (Å²) >= 11 is 6.08. The number of pyridine rings is 1. The van der Waals surface area contributed by atoms with Gasteiger partial charge in [-0.2, -0.15) is 0 Å². The first kappa shape index (κ1) is 22.7. The van der Waals surface area contributed by atoms with Crippen molar-refractivity contribution in [2.24, 2.45) is 5.92 Å². The van der Waals surface area contributed by atoms with Crippen molar-refractivity contribution < 1.29 is 9.18 Å². The first-order valence-electron chi connectivity index (χ1n) is 12.1. The number of anilines is 2. The molecule has 1 aliphatic heterocycles. The fourth-order valence-electron chi connectivity index (χ4n) is 5.38. The average molecular weight is 527 g/mol. The van der Waals surface area contributed by atoms with Crippen molar-refractivity contribution in [2.45, 2.75) is 24.7 Å². The molecule has 2 aliphatic rings. The van der Waals surface area contributed by atoms with E-state index in [1.54, 1.807) is 42.9 Å². The molecule has 0 saturated heterocycles. The van der Waals surface area contributed by atoms with Gasteiger partial charge in [0.25, 0.3) is 0 Å². The maximum atomic E-state index is 13.6. The predicted molar refractivity (Wildman–Crippen MR) is 139 cm³/mol. The molecule has 0 radical (unpaired) electrons. The van der Waals surface area contributed by atoms with Gasteiger partial charge in [0, 0.05) is 31.2 Å². The zero-order valence-corrected chi connectivity index (χ0v) is 20.7. The van der Waals surface area contributed by atoms with Crippen LogP contribution in [0.5, 0.6) is 0 Å². The van der Waals surface area contributed by atoms with Crippen molar-refractivity contribution in [3.8, 4) is 11.5 Å². The zero-order valence-electron chi connectivity index (χ0n) is 19.9. The van der Waals surface area contributed by atoms with Crippen LogP contribution in [-0.2, 0) is 16.6 Å². The Morgan fingerprint density at radius 2 is 1.92 bits per heavy atom. The first-order chi connectivity index (χ1) is 18.4. The van der Waals surface area contributed by atoms with E-state index in [0.29, 0.717) is 45.6 Å². The number of nitrogens with one attached hydrogen (secondary N) is 1. The molecule has 1 fully saturated rings. The minimum absolute atomic E-state index is 0.0388. The number of hydrogen-bond donors (Lipinski definition) is 2. The molecule has 0 bridgehead atoms. The molecule has 38 heavy (non-hydrogen) atoms. The number of benzene rings is 1. The van der Waals surface area contributed by atoms with Gasteiger partial charge in [-0.05, 0) is 48.6 Å². The van der Waals surface area contributed by atoms with Crippen LogP contribution in [0.4, 0.5) is 16.0 Å². The van der Waals surface area contributed by atoms with Gasteiger partial charge < -0.3 is 15.5 Å². The van der Waals surface area contributed by atoms with Crippen LogP contribution in [0.2, 0.25) is 5.02 Å². The Bertz CT molecular complexity index is 1730. The normalized spacial score (nSPS) is 18.5. The van der Waals surface area contributed by atoms with Gasteiger partial charge >= 0.3 is 0 Å². The number of carbonyl (C=O) groups is 1. The summed E-state index contributed by atoms with van der Waals surface area (Å²) in [6.07, 6.45) is 8.94. The second-order valence-electron chi connectivity index (χ2n) is 9.59. The number of rotatable bonds is 5. The number of nitrogen functional groups attached to an aromatic ring is 1. The molecule has 5 aromatic rings. The lowest BCUT2D eigenvalue weighted by Gasteiger charge is -2.27. The summed E-state index contributed by atoms with van der Waals surface area (Å²) in [6.45, 7) is 0. The lowest BCUT2D eigenvalue weighted by atomic mass is 9.74. The van der Waals surface area contributed by atoms with Crippen molar-refractivity contribution in [3.63, 3.8) is 0 Å². The monoisotopic (exact) mass is 526 g/mol. The van der Waals surface area contributed by atoms with Crippen molar-refractivity contribution in [1.29, 1.82) is 0 Å². The number of fused-ring (bicyclic) bond motifs is 2. The van der Waals surface area contributed by atoms with Crippen LogP contribution < -0.4 is 11.1 Å². The number of imidazole rings is 1. The molecular formula is C27H20ClFN8O. The Labute approximate surface area is 221 Å². The highest BCUT2D eigenvalue weighted by Crippen LogP contribution is 2.57. The van der Waals surface area contributed by atoms with Gasteiger partial charge in [0.1, 0.15) is 28.6 Å². The molecule has 1 amide bonds. The molecule has 7 rings (SSSR count). The summed E-state index contributed by atoms with van der Waals surface area (Å²) in [5.41, 5.74) is 9.29. The van der Waals surface area contributed by atoms with Crippen LogP contribution in [0.25, 0.3) is 17.2 Å². The van der Waals surface area contributed by atoms with E-state index in [-0.39, 0.29) is 29.3 Å². The van der Waals surface area contributed by atoms with Gasteiger partial charge in [0.05, 0.1) is 22.0 Å². The van der Waals surface area contributed by atoms with Gasteiger partial charge in [0.2, 0.25) is 5.91 Å². The first-order valence-corrected chi connectivity index (χ1v) is 12.5. The molecule has 3 N–H and O–H groups in total. The van der Waals surface area contributed by atoms with E-state index in [9.17, 15) is 9.18 Å². The molecule has 1 aliphatic carbocycles. The van der Waals surface area contributed by atoms with Crippen LogP contribution >= 0.6 is 11.6 Å². The minimum Gasteiger partial charge on any atom is -0.383 e. The Hall–Kier alpha value is -4.44. The summed E-state index contributed by atoms with van der Waals surface area (Å²) in [4.78, 5) is 36.6. The zero-order chi connectivity index (χ0) is 26.0.